The van der Waals surface area contributed by atoms with Crippen molar-refractivity contribution in [1.29, 1.82) is 0 Å². The van der Waals surface area contributed by atoms with Crippen molar-refractivity contribution in [3.8, 4) is 5.75 Å². The predicted octanol–water partition coefficient (Wildman–Crippen LogP) is 2.83. The number of likely N-dealkylation sites (tertiary alicyclic amines) is 1. The number of alkyl halides is 3. The van der Waals surface area contributed by atoms with E-state index in [1.54, 1.807) is 24.3 Å². The normalized spacial score (nSPS) is 24.0. The molecule has 0 spiro atoms. The molecule has 118 valence electrons. The van der Waals surface area contributed by atoms with Gasteiger partial charge in [0.25, 0.3) is 0 Å². The van der Waals surface area contributed by atoms with Gasteiger partial charge in [-0.2, -0.15) is 13.2 Å². The van der Waals surface area contributed by atoms with Crippen LogP contribution in [-0.2, 0) is 6.54 Å². The summed E-state index contributed by atoms with van der Waals surface area (Å²) in [6, 6.07) is 6.74. The largest absolute Gasteiger partial charge is 0.484 e. The number of para-hydroxylation sites is 1. The molecule has 6 heteroatoms. The lowest BCUT2D eigenvalue weighted by atomic mass is 9.96. The van der Waals surface area contributed by atoms with Gasteiger partial charge in [-0.3, -0.25) is 4.90 Å². The number of rotatable bonds is 4. The molecular formula is C15H20F3NO2. The smallest absolute Gasteiger partial charge is 0.422 e. The molecule has 1 aliphatic heterocycles. The molecule has 1 N–H and O–H groups in total. The van der Waals surface area contributed by atoms with Crippen molar-refractivity contribution in [3.05, 3.63) is 29.8 Å². The number of benzene rings is 1. The maximum Gasteiger partial charge on any atom is 0.422 e. The number of nitrogens with zero attached hydrogens (tertiary/aromatic N) is 1. The molecule has 0 bridgehead atoms. The van der Waals surface area contributed by atoms with E-state index < -0.39 is 12.8 Å². The van der Waals surface area contributed by atoms with Gasteiger partial charge in [0.15, 0.2) is 6.61 Å². The van der Waals surface area contributed by atoms with E-state index in [0.717, 1.165) is 13.0 Å². The van der Waals surface area contributed by atoms with E-state index in [0.29, 0.717) is 18.7 Å². The second kappa shape index (κ2) is 6.66. The van der Waals surface area contributed by atoms with E-state index in [4.69, 9.17) is 4.74 Å². The molecule has 1 aliphatic rings. The number of hydrogen-bond acceptors (Lipinski definition) is 3. The first-order chi connectivity index (χ1) is 9.85. The average Bonchev–Trinajstić information content (AvgIpc) is 2.41. The van der Waals surface area contributed by atoms with Crippen LogP contribution in [0.3, 0.4) is 0 Å². The first-order valence-corrected chi connectivity index (χ1v) is 7.03. The molecule has 0 aliphatic carbocycles. The standard InChI is InChI=1S/C15H20F3NO2/c1-11-6-7-19(9-13(11)20)8-12-4-2-3-5-14(12)21-10-15(16,17)18/h2-5,11,13,20H,6-10H2,1H3. The Labute approximate surface area is 122 Å². The molecule has 0 radical (unpaired) electrons. The number of aliphatic hydroxyl groups excluding tert-OH is 1. The molecule has 1 aromatic carbocycles. The van der Waals surface area contributed by atoms with Crippen LogP contribution in [0.2, 0.25) is 0 Å². The van der Waals surface area contributed by atoms with Crippen LogP contribution >= 0.6 is 0 Å². The van der Waals surface area contributed by atoms with Crippen LogP contribution in [0.5, 0.6) is 5.75 Å². The topological polar surface area (TPSA) is 32.7 Å². The number of aliphatic hydroxyl groups is 1. The third kappa shape index (κ3) is 4.89. The molecule has 1 saturated heterocycles. The van der Waals surface area contributed by atoms with Gasteiger partial charge in [0, 0.05) is 18.7 Å². The fraction of sp³-hybridized carbons (Fsp3) is 0.600. The van der Waals surface area contributed by atoms with Gasteiger partial charge in [-0.15, -0.1) is 0 Å². The van der Waals surface area contributed by atoms with Gasteiger partial charge in [0.2, 0.25) is 0 Å². The summed E-state index contributed by atoms with van der Waals surface area (Å²) >= 11 is 0. The zero-order valence-corrected chi connectivity index (χ0v) is 11.9. The van der Waals surface area contributed by atoms with Crippen LogP contribution in [0.25, 0.3) is 0 Å². The number of ether oxygens (including phenoxy) is 1. The Hall–Kier alpha value is -1.27. The highest BCUT2D eigenvalue weighted by molar-refractivity contribution is 5.33. The van der Waals surface area contributed by atoms with Gasteiger partial charge < -0.3 is 9.84 Å². The van der Waals surface area contributed by atoms with Crippen LogP contribution in [0.1, 0.15) is 18.9 Å². The number of β-amino-alcohol motifs (C(OH)–C–C–N with tert-alkyl or cyclic N) is 1. The highest BCUT2D eigenvalue weighted by Gasteiger charge is 2.29. The fourth-order valence-corrected chi connectivity index (χ4v) is 2.43. The molecule has 3 nitrogen and oxygen atoms in total. The molecule has 0 amide bonds. The van der Waals surface area contributed by atoms with E-state index >= 15 is 0 Å². The second-order valence-electron chi connectivity index (χ2n) is 5.58. The summed E-state index contributed by atoms with van der Waals surface area (Å²) in [5.74, 6) is 0.515. The van der Waals surface area contributed by atoms with Crippen molar-refractivity contribution in [2.24, 2.45) is 5.92 Å². The average molecular weight is 303 g/mol. The van der Waals surface area contributed by atoms with E-state index in [1.165, 1.54) is 0 Å². The Morgan fingerprint density at radius 2 is 2.05 bits per heavy atom. The molecule has 2 atom stereocenters. The summed E-state index contributed by atoms with van der Waals surface area (Å²) in [7, 11) is 0. The maximum atomic E-state index is 12.3. The van der Waals surface area contributed by atoms with E-state index in [1.807, 2.05) is 11.8 Å². The SMILES string of the molecule is CC1CCN(Cc2ccccc2OCC(F)(F)F)CC1O. The molecule has 1 aromatic rings. The summed E-state index contributed by atoms with van der Waals surface area (Å²) in [4.78, 5) is 2.04. The molecule has 1 heterocycles. The van der Waals surface area contributed by atoms with Gasteiger partial charge in [-0.25, -0.2) is 0 Å². The van der Waals surface area contributed by atoms with Gasteiger partial charge in [0.05, 0.1) is 6.10 Å². The summed E-state index contributed by atoms with van der Waals surface area (Å²) in [5.41, 5.74) is 0.712. The third-order valence-electron chi connectivity index (χ3n) is 3.76. The Morgan fingerprint density at radius 1 is 1.33 bits per heavy atom. The number of hydrogen-bond donors (Lipinski definition) is 1. The van der Waals surface area contributed by atoms with Crippen molar-refractivity contribution < 1.29 is 23.0 Å². The summed E-state index contributed by atoms with van der Waals surface area (Å²) in [5, 5.41) is 9.88. The zero-order valence-electron chi connectivity index (χ0n) is 11.9. The minimum atomic E-state index is -4.34. The van der Waals surface area contributed by atoms with Crippen molar-refractivity contribution >= 4 is 0 Å². The quantitative estimate of drug-likeness (QED) is 0.928. The van der Waals surface area contributed by atoms with Crippen LogP contribution in [-0.4, -0.2) is 42.0 Å². The predicted molar refractivity (Wildman–Crippen MR) is 73.1 cm³/mol. The van der Waals surface area contributed by atoms with Crippen LogP contribution in [0.15, 0.2) is 24.3 Å². The number of halogens is 3. The van der Waals surface area contributed by atoms with Gasteiger partial charge in [0.1, 0.15) is 5.75 Å². The summed E-state index contributed by atoms with van der Waals surface area (Å²) in [6.07, 6.45) is -3.85. The van der Waals surface area contributed by atoms with Crippen molar-refractivity contribution in [2.75, 3.05) is 19.7 Å². The molecule has 2 unspecified atom stereocenters. The third-order valence-corrected chi connectivity index (χ3v) is 3.76. The van der Waals surface area contributed by atoms with Gasteiger partial charge in [-0.05, 0) is 24.9 Å². The first-order valence-electron chi connectivity index (χ1n) is 7.03. The zero-order chi connectivity index (χ0) is 15.5. The Balaban J connectivity index is 2.00. The van der Waals surface area contributed by atoms with E-state index in [9.17, 15) is 18.3 Å². The second-order valence-corrected chi connectivity index (χ2v) is 5.58. The summed E-state index contributed by atoms with van der Waals surface area (Å²) < 4.78 is 41.6. The van der Waals surface area contributed by atoms with E-state index in [2.05, 4.69) is 0 Å². The first kappa shape index (κ1) is 16.1. The van der Waals surface area contributed by atoms with Gasteiger partial charge >= 0.3 is 6.18 Å². The Morgan fingerprint density at radius 3 is 2.71 bits per heavy atom. The van der Waals surface area contributed by atoms with Crippen LogP contribution in [0.4, 0.5) is 13.2 Å². The monoisotopic (exact) mass is 303 g/mol. The summed E-state index contributed by atoms with van der Waals surface area (Å²) in [6.45, 7) is 2.56. The van der Waals surface area contributed by atoms with Crippen molar-refractivity contribution in [3.63, 3.8) is 0 Å². The maximum absolute atomic E-state index is 12.3. The van der Waals surface area contributed by atoms with Crippen LogP contribution in [0, 0.1) is 5.92 Å². The van der Waals surface area contributed by atoms with Crippen molar-refractivity contribution in [1.82, 2.24) is 4.90 Å². The highest BCUT2D eigenvalue weighted by atomic mass is 19.4. The fourth-order valence-electron chi connectivity index (χ4n) is 2.43. The molecular weight excluding hydrogens is 283 g/mol. The minimum Gasteiger partial charge on any atom is -0.484 e. The molecule has 2 rings (SSSR count). The Kier molecular flexibility index (Phi) is 5.11. The number of piperidine rings is 1. The molecule has 1 fully saturated rings. The Bertz CT molecular complexity index is 464. The van der Waals surface area contributed by atoms with E-state index in [-0.39, 0.29) is 17.8 Å². The lowest BCUT2D eigenvalue weighted by Gasteiger charge is -2.34. The molecule has 21 heavy (non-hydrogen) atoms. The lowest BCUT2D eigenvalue weighted by molar-refractivity contribution is -0.153. The van der Waals surface area contributed by atoms with Gasteiger partial charge in [-0.1, -0.05) is 25.1 Å². The van der Waals surface area contributed by atoms with Crippen molar-refractivity contribution in [2.45, 2.75) is 32.2 Å². The highest BCUT2D eigenvalue weighted by Crippen LogP contribution is 2.25. The molecule has 0 saturated carbocycles. The van der Waals surface area contributed by atoms with Crippen LogP contribution < -0.4 is 4.74 Å². The minimum absolute atomic E-state index is 0.253. The lowest BCUT2D eigenvalue weighted by Crippen LogP contribution is -2.42. The molecule has 0 aromatic heterocycles.